The minimum absolute atomic E-state index is 0. The molecule has 12 nitrogen and oxygen atoms in total. The minimum atomic E-state index is -3.78. The van der Waals surface area contributed by atoms with Crippen LogP contribution in [0.25, 0.3) is 0 Å². The van der Waals surface area contributed by atoms with Crippen LogP contribution < -0.4 is 117 Å². The Morgan fingerprint density at radius 2 is 1.18 bits per heavy atom. The number of sulfonamides is 2. The van der Waals surface area contributed by atoms with Crippen molar-refractivity contribution < 1.29 is 150 Å². The van der Waals surface area contributed by atoms with Crippen LogP contribution in [0.5, 0.6) is 0 Å². The summed E-state index contributed by atoms with van der Waals surface area (Å²) in [6.45, 7) is 14.2. The molecule has 0 radical (unpaired) electrons. The van der Waals surface area contributed by atoms with Crippen LogP contribution >= 0.6 is 66.7 Å². The SMILES string of the molecule is C1CCOC1.CC(C)(C)c1ccc(S(=O)(=O)Nc2ccc(Cl)cc2Br)cc1.COCCl.COCN(c1ccc(Cl)cc1Br)S(=O)(=O)c1ccc(C(C)(C)C)cc1.O=CO[O-].[H-].[K+].[K+]. The monoisotopic (exact) mass is 1140 g/mol. The maximum absolute atomic E-state index is 13.1. The Balaban J connectivity index is -0.000000860. The number of rotatable bonds is 10. The summed E-state index contributed by atoms with van der Waals surface area (Å²) in [5.74, 6) is 0. The summed E-state index contributed by atoms with van der Waals surface area (Å²) in [4.78, 5) is 11.7. The smallest absolute Gasteiger partial charge is 1.00 e. The molecule has 1 heterocycles. The number of halogens is 5. The maximum Gasteiger partial charge on any atom is 1.00 e. The second-order valence-corrected chi connectivity index (χ2v) is 20.9. The zero-order valence-electron chi connectivity index (χ0n) is 37.6. The molecule has 0 bridgehead atoms. The number of carbonyl (C=O) groups excluding carboxylic acids is 1. The number of anilines is 2. The molecule has 21 heteroatoms. The first-order valence-electron chi connectivity index (χ1n) is 18.0. The largest absolute Gasteiger partial charge is 1.00 e. The Morgan fingerprint density at radius 1 is 0.758 bits per heavy atom. The molecular weight excluding hydrogens is 1090 g/mol. The third-order valence-corrected chi connectivity index (χ3v) is 13.0. The van der Waals surface area contributed by atoms with Gasteiger partial charge in [-0.2, -0.15) is 0 Å². The van der Waals surface area contributed by atoms with Crippen molar-refractivity contribution in [2.75, 3.05) is 49.3 Å². The number of benzene rings is 4. The van der Waals surface area contributed by atoms with Crippen LogP contribution in [-0.2, 0) is 54.8 Å². The molecule has 5 rings (SSSR count). The van der Waals surface area contributed by atoms with Crippen LogP contribution in [0.1, 0.15) is 66.9 Å². The molecule has 1 aliphatic heterocycles. The first-order valence-corrected chi connectivity index (χ1v) is 23.8. The summed E-state index contributed by atoms with van der Waals surface area (Å²) in [7, 11) is -4.41. The van der Waals surface area contributed by atoms with E-state index in [4.69, 9.17) is 54.3 Å². The van der Waals surface area contributed by atoms with E-state index in [-0.39, 0.29) is 138 Å². The fraction of sp³-hybridized carbons (Fsp3) is 0.390. The number of hydrogen-bond donors (Lipinski definition) is 1. The van der Waals surface area contributed by atoms with Gasteiger partial charge in [0.2, 0.25) is 0 Å². The van der Waals surface area contributed by atoms with Crippen LogP contribution in [0.3, 0.4) is 0 Å². The van der Waals surface area contributed by atoms with Gasteiger partial charge >= 0.3 is 103 Å². The van der Waals surface area contributed by atoms with Crippen molar-refractivity contribution in [1.82, 2.24) is 0 Å². The molecule has 336 valence electrons. The fourth-order valence-electron chi connectivity index (χ4n) is 4.74. The predicted octanol–water partition coefficient (Wildman–Crippen LogP) is 4.58. The summed E-state index contributed by atoms with van der Waals surface area (Å²) in [5, 5.41) is 9.48. The van der Waals surface area contributed by atoms with Gasteiger partial charge in [-0.3, -0.25) is 9.52 Å². The summed E-state index contributed by atoms with van der Waals surface area (Å²) >= 11 is 23.5. The molecule has 0 spiro atoms. The average molecular weight is 1140 g/mol. The van der Waals surface area contributed by atoms with Gasteiger partial charge < -0.3 is 25.8 Å². The molecule has 0 aromatic heterocycles. The molecule has 4 aromatic rings. The van der Waals surface area contributed by atoms with E-state index >= 15 is 0 Å². The summed E-state index contributed by atoms with van der Waals surface area (Å²) in [6.07, 6.45) is 2.56. The van der Waals surface area contributed by atoms with Gasteiger partial charge in [-0.05, 0) is 127 Å². The van der Waals surface area contributed by atoms with Crippen molar-refractivity contribution in [2.24, 2.45) is 0 Å². The number of carbonyl (C=O) groups is 1. The van der Waals surface area contributed by atoms with Crippen LogP contribution in [0.15, 0.2) is 104 Å². The van der Waals surface area contributed by atoms with Crippen molar-refractivity contribution >= 4 is 105 Å². The molecule has 0 aliphatic carbocycles. The van der Waals surface area contributed by atoms with E-state index in [1.807, 2.05) is 24.3 Å². The van der Waals surface area contributed by atoms with E-state index in [0.29, 0.717) is 36.4 Å². The van der Waals surface area contributed by atoms with E-state index in [0.717, 1.165) is 24.3 Å². The van der Waals surface area contributed by atoms with Gasteiger partial charge in [-0.15, -0.1) is 0 Å². The molecule has 1 N–H and O–H groups in total. The topological polar surface area (TPSA) is 161 Å². The predicted molar refractivity (Wildman–Crippen MR) is 247 cm³/mol. The molecule has 62 heavy (non-hydrogen) atoms. The van der Waals surface area contributed by atoms with Gasteiger partial charge in [0.25, 0.3) is 26.5 Å². The van der Waals surface area contributed by atoms with E-state index < -0.39 is 20.0 Å². The van der Waals surface area contributed by atoms with Crippen LogP contribution in [0.2, 0.25) is 10.0 Å². The Hall–Kier alpha value is 0.793. The Morgan fingerprint density at radius 3 is 1.52 bits per heavy atom. The fourth-order valence-corrected chi connectivity index (χ4v) is 9.15. The van der Waals surface area contributed by atoms with Gasteiger partial charge in [0.1, 0.15) is 12.8 Å². The molecule has 4 aromatic carbocycles. The van der Waals surface area contributed by atoms with E-state index in [2.05, 4.69) is 87.7 Å². The molecule has 0 saturated carbocycles. The summed E-state index contributed by atoms with van der Waals surface area (Å²) in [6, 6.07) is 24.0. The van der Waals surface area contributed by atoms with E-state index in [1.54, 1.807) is 67.8 Å². The quantitative estimate of drug-likeness (QED) is 0.0595. The first-order chi connectivity index (χ1) is 28.0. The number of hydrogen-bond acceptors (Lipinski definition) is 10. The molecule has 1 aliphatic rings. The zero-order chi connectivity index (χ0) is 45.7. The Labute approximate surface area is 486 Å². The second kappa shape index (κ2) is 32.5. The Bertz CT molecular complexity index is 2130. The van der Waals surface area contributed by atoms with Crippen molar-refractivity contribution in [1.29, 1.82) is 0 Å². The van der Waals surface area contributed by atoms with Gasteiger partial charge in [0, 0.05) is 46.4 Å². The first kappa shape index (κ1) is 64.9. The molecule has 0 unspecified atom stereocenters. The third-order valence-electron chi connectivity index (χ3n) is 7.91. The zero-order valence-corrected chi connectivity index (χ0v) is 50.0. The number of ether oxygens (including phenoxy) is 3. The van der Waals surface area contributed by atoms with Crippen molar-refractivity contribution in [3.8, 4) is 0 Å². The maximum atomic E-state index is 13.1. The van der Waals surface area contributed by atoms with Crippen molar-refractivity contribution in [3.05, 3.63) is 115 Å². The molecular formula is C41H53Br2Cl3K2N2O10S2. The third kappa shape index (κ3) is 23.7. The molecule has 1 fully saturated rings. The average Bonchev–Trinajstić information content (AvgIpc) is 3.79. The number of nitrogens with one attached hydrogen (secondary N) is 1. The second-order valence-electron chi connectivity index (χ2n) is 14.6. The van der Waals surface area contributed by atoms with E-state index in [1.165, 1.54) is 24.3 Å². The Kier molecular flexibility index (Phi) is 34.0. The van der Waals surface area contributed by atoms with Gasteiger partial charge in [0.05, 0.1) is 21.2 Å². The van der Waals surface area contributed by atoms with Gasteiger partial charge in [-0.25, -0.2) is 21.1 Å². The minimum Gasteiger partial charge on any atom is -1.00 e. The summed E-state index contributed by atoms with van der Waals surface area (Å²) < 4.78 is 70.4. The molecule has 1 saturated heterocycles. The molecule has 0 atom stereocenters. The number of methoxy groups -OCH3 is 2. The number of nitrogens with zero attached hydrogens (tertiary/aromatic N) is 1. The van der Waals surface area contributed by atoms with Crippen LogP contribution in [0.4, 0.5) is 11.4 Å². The van der Waals surface area contributed by atoms with Crippen molar-refractivity contribution in [2.45, 2.75) is 75.0 Å². The van der Waals surface area contributed by atoms with Crippen molar-refractivity contribution in [3.63, 3.8) is 0 Å². The van der Waals surface area contributed by atoms with Gasteiger partial charge in [-0.1, -0.05) is 101 Å². The normalized spacial score (nSPS) is 12.0. The van der Waals surface area contributed by atoms with Gasteiger partial charge in [0.15, 0.2) is 0 Å². The number of alkyl halides is 1. The van der Waals surface area contributed by atoms with E-state index in [9.17, 15) is 16.8 Å². The molecule has 0 amide bonds. The summed E-state index contributed by atoms with van der Waals surface area (Å²) in [5.41, 5.74) is 3.00. The van der Waals surface area contributed by atoms with Crippen LogP contribution in [0, 0.1) is 0 Å². The standard InChI is InChI=1S/C18H21BrClNO3S.C16H17BrClNO2S.C4H8O.C2H5ClO.CH2O3.2K.H/c1-18(2,3)13-5-8-15(9-6-13)25(22,23)21(12-24-4)17-10-7-14(20)11-16(17)19;1-16(2,3)11-4-7-13(8-5-11)22(20,21)19-15-9-6-12(18)10-14(15)17;1-2-4-5-3-1;1-4-2-3;2-1-4-3;;;/h5-11H,12H2,1-4H3;4-10,19H,1-3H3;1-4H2;2H2,1H3;1,3H;;;/q;;;;;2*+1;-1/p-1. The van der Waals surface area contributed by atoms with Crippen LogP contribution in [-0.4, -0.2) is 63.5 Å².